The Morgan fingerprint density at radius 3 is 3.00 bits per heavy atom. The van der Waals surface area contributed by atoms with Crippen LogP contribution in [0.5, 0.6) is 0 Å². The molecule has 7 heteroatoms. The molecule has 1 aliphatic rings. The summed E-state index contributed by atoms with van der Waals surface area (Å²) < 4.78 is 1.30. The van der Waals surface area contributed by atoms with E-state index in [1.165, 1.54) is 10.8 Å². The number of aliphatic hydroxyl groups excluding tert-OH is 1. The molecule has 0 radical (unpaired) electrons. The predicted molar refractivity (Wildman–Crippen MR) is 54.8 cm³/mol. The number of nitrogens with one attached hydrogen (secondary N) is 2. The lowest BCUT2D eigenvalue weighted by Gasteiger charge is -2.11. The number of hydroxylamine groups is 1. The lowest BCUT2D eigenvalue weighted by molar-refractivity contribution is -0.0199. The van der Waals surface area contributed by atoms with Crippen molar-refractivity contribution in [3.05, 3.63) is 32.6 Å². The fraction of sp³-hybridized carbons (Fsp3) is 0.556. The number of H-pyrrole nitrogens is 1. The second-order valence-corrected chi connectivity index (χ2v) is 3.78. The molecule has 3 N–H and O–H groups in total. The van der Waals surface area contributed by atoms with Crippen LogP contribution in [0.1, 0.15) is 18.2 Å². The highest BCUT2D eigenvalue weighted by molar-refractivity contribution is 5.01. The molecule has 0 unspecified atom stereocenters. The summed E-state index contributed by atoms with van der Waals surface area (Å²) in [5, 5.41) is 8.91. The van der Waals surface area contributed by atoms with Crippen molar-refractivity contribution in [3.8, 4) is 0 Å². The van der Waals surface area contributed by atoms with Crippen molar-refractivity contribution >= 4 is 0 Å². The van der Waals surface area contributed by atoms with E-state index in [9.17, 15) is 9.59 Å². The highest BCUT2D eigenvalue weighted by Gasteiger charge is 2.27. The van der Waals surface area contributed by atoms with Crippen LogP contribution in [0, 0.1) is 6.92 Å². The highest BCUT2D eigenvalue weighted by atomic mass is 16.7. The Balaban J connectivity index is 2.32. The fourth-order valence-corrected chi connectivity index (χ4v) is 1.60. The summed E-state index contributed by atoms with van der Waals surface area (Å²) in [6, 6.07) is -0.191. The zero-order valence-corrected chi connectivity index (χ0v) is 8.77. The smallest absolute Gasteiger partial charge is 0.330 e. The van der Waals surface area contributed by atoms with Gasteiger partial charge in [0.2, 0.25) is 0 Å². The van der Waals surface area contributed by atoms with Gasteiger partial charge >= 0.3 is 5.69 Å². The Hall–Kier alpha value is -1.44. The quantitative estimate of drug-likeness (QED) is 0.579. The van der Waals surface area contributed by atoms with E-state index in [0.29, 0.717) is 12.0 Å². The number of aromatic amines is 1. The minimum absolute atomic E-state index is 0.0619. The molecule has 0 saturated carbocycles. The molecule has 1 saturated heterocycles. The zero-order valence-electron chi connectivity index (χ0n) is 8.77. The van der Waals surface area contributed by atoms with Crippen LogP contribution in [0.25, 0.3) is 0 Å². The van der Waals surface area contributed by atoms with Crippen molar-refractivity contribution in [1.82, 2.24) is 15.0 Å². The van der Waals surface area contributed by atoms with Gasteiger partial charge in [-0.1, -0.05) is 0 Å². The first-order valence-electron chi connectivity index (χ1n) is 4.96. The molecule has 0 aliphatic carbocycles. The first kappa shape index (κ1) is 11.1. The first-order chi connectivity index (χ1) is 7.61. The number of hydrogen-bond acceptors (Lipinski definition) is 5. The maximum absolute atomic E-state index is 11.5. The third-order valence-corrected chi connectivity index (χ3v) is 2.53. The monoisotopic (exact) mass is 227 g/mol. The Labute approximate surface area is 90.6 Å². The number of hydrogen-bond donors (Lipinski definition) is 3. The van der Waals surface area contributed by atoms with E-state index in [1.54, 1.807) is 6.92 Å². The average Bonchev–Trinajstić information content (AvgIpc) is 2.71. The lowest BCUT2D eigenvalue weighted by atomic mass is 10.2. The third kappa shape index (κ3) is 1.92. The minimum Gasteiger partial charge on any atom is -0.395 e. The molecule has 2 rings (SSSR count). The molecular weight excluding hydrogens is 214 g/mol. The summed E-state index contributed by atoms with van der Waals surface area (Å²) in [5.74, 6) is 0. The molecule has 0 spiro atoms. The Morgan fingerprint density at radius 2 is 2.38 bits per heavy atom. The molecule has 0 amide bonds. The van der Waals surface area contributed by atoms with Crippen LogP contribution in [0.2, 0.25) is 0 Å². The van der Waals surface area contributed by atoms with E-state index < -0.39 is 17.5 Å². The molecule has 7 nitrogen and oxygen atoms in total. The summed E-state index contributed by atoms with van der Waals surface area (Å²) in [5.41, 5.74) is 2.14. The van der Waals surface area contributed by atoms with Crippen LogP contribution in [-0.2, 0) is 4.84 Å². The van der Waals surface area contributed by atoms with Gasteiger partial charge in [-0.25, -0.2) is 4.79 Å². The molecule has 2 heterocycles. The zero-order chi connectivity index (χ0) is 11.7. The molecule has 1 aliphatic heterocycles. The van der Waals surface area contributed by atoms with Crippen LogP contribution in [0.15, 0.2) is 15.8 Å². The summed E-state index contributed by atoms with van der Waals surface area (Å²) in [6.45, 7) is 1.55. The van der Waals surface area contributed by atoms with Gasteiger partial charge in [0.25, 0.3) is 5.56 Å². The van der Waals surface area contributed by atoms with E-state index in [4.69, 9.17) is 9.94 Å². The average molecular weight is 227 g/mol. The standard InChI is InChI=1S/C9H13N3O4/c1-5-3-12(9(15)10-8(5)14)7-2-6(4-13)11-16-7/h3,6-7,11,13H,2,4H2,1H3,(H,10,14,15)/t6-,7+/m1/s1. The van der Waals surface area contributed by atoms with Crippen LogP contribution < -0.4 is 16.7 Å². The summed E-state index contributed by atoms with van der Waals surface area (Å²) in [4.78, 5) is 30.0. The van der Waals surface area contributed by atoms with Gasteiger partial charge in [-0.05, 0) is 6.92 Å². The molecule has 2 atom stereocenters. The third-order valence-electron chi connectivity index (χ3n) is 2.53. The predicted octanol–water partition coefficient (Wildman–Crippen LogP) is -1.37. The summed E-state index contributed by atoms with van der Waals surface area (Å²) in [6.07, 6.45) is 1.43. The molecule has 16 heavy (non-hydrogen) atoms. The second kappa shape index (κ2) is 4.20. The molecule has 0 bridgehead atoms. The number of nitrogens with zero attached hydrogens (tertiary/aromatic N) is 1. The van der Waals surface area contributed by atoms with E-state index >= 15 is 0 Å². The Morgan fingerprint density at radius 1 is 1.62 bits per heavy atom. The van der Waals surface area contributed by atoms with E-state index in [1.807, 2.05) is 0 Å². The molecule has 1 aromatic rings. The Bertz CT molecular complexity index is 492. The molecule has 0 aromatic carbocycles. The SMILES string of the molecule is Cc1cn([C@@H]2C[C@H](CO)NO2)c(=O)[nH]c1=O. The molecule has 1 aromatic heterocycles. The largest absolute Gasteiger partial charge is 0.395 e. The van der Waals surface area contributed by atoms with E-state index in [-0.39, 0.29) is 12.6 Å². The van der Waals surface area contributed by atoms with Crippen LogP contribution >= 0.6 is 0 Å². The van der Waals surface area contributed by atoms with Crippen LogP contribution in [-0.4, -0.2) is 27.3 Å². The van der Waals surface area contributed by atoms with Gasteiger partial charge in [-0.2, -0.15) is 5.48 Å². The Kier molecular flexibility index (Phi) is 2.90. The van der Waals surface area contributed by atoms with Crippen LogP contribution in [0.4, 0.5) is 0 Å². The highest BCUT2D eigenvalue weighted by Crippen LogP contribution is 2.18. The number of aryl methyl sites for hydroxylation is 1. The van der Waals surface area contributed by atoms with Gasteiger partial charge in [0.15, 0.2) is 6.23 Å². The maximum Gasteiger partial charge on any atom is 0.330 e. The van der Waals surface area contributed by atoms with Gasteiger partial charge in [-0.15, -0.1) is 0 Å². The molecule has 1 fully saturated rings. The van der Waals surface area contributed by atoms with Crippen molar-refractivity contribution in [2.45, 2.75) is 25.6 Å². The van der Waals surface area contributed by atoms with Gasteiger partial charge < -0.3 is 5.11 Å². The maximum atomic E-state index is 11.5. The van der Waals surface area contributed by atoms with Gasteiger partial charge in [0.1, 0.15) is 0 Å². The first-order valence-corrected chi connectivity index (χ1v) is 4.96. The molecular formula is C9H13N3O4. The summed E-state index contributed by atoms with van der Waals surface area (Å²) >= 11 is 0. The second-order valence-electron chi connectivity index (χ2n) is 3.78. The van der Waals surface area contributed by atoms with Gasteiger partial charge in [0.05, 0.1) is 12.6 Å². The normalized spacial score (nSPS) is 24.9. The van der Waals surface area contributed by atoms with Crippen molar-refractivity contribution in [1.29, 1.82) is 0 Å². The fourth-order valence-electron chi connectivity index (χ4n) is 1.60. The van der Waals surface area contributed by atoms with E-state index in [0.717, 1.165) is 0 Å². The van der Waals surface area contributed by atoms with Gasteiger partial charge in [0, 0.05) is 18.2 Å². The lowest BCUT2D eigenvalue weighted by Crippen LogP contribution is -2.33. The van der Waals surface area contributed by atoms with Crippen molar-refractivity contribution in [2.24, 2.45) is 0 Å². The number of aromatic nitrogens is 2. The van der Waals surface area contributed by atoms with Crippen LogP contribution in [0.3, 0.4) is 0 Å². The minimum atomic E-state index is -0.513. The van der Waals surface area contributed by atoms with Crippen molar-refractivity contribution < 1.29 is 9.94 Å². The van der Waals surface area contributed by atoms with Gasteiger partial charge in [-0.3, -0.25) is 19.2 Å². The summed E-state index contributed by atoms with van der Waals surface area (Å²) in [7, 11) is 0. The van der Waals surface area contributed by atoms with Crippen molar-refractivity contribution in [3.63, 3.8) is 0 Å². The van der Waals surface area contributed by atoms with E-state index in [2.05, 4.69) is 10.5 Å². The van der Waals surface area contributed by atoms with Crippen molar-refractivity contribution in [2.75, 3.05) is 6.61 Å². The number of aliphatic hydroxyl groups is 1. The molecule has 88 valence electrons. The number of rotatable bonds is 2. The topological polar surface area (TPSA) is 96.3 Å².